The lowest BCUT2D eigenvalue weighted by molar-refractivity contribution is 0.0942. The molecule has 182 valence electrons. The molecule has 0 aliphatic carbocycles. The van der Waals surface area contributed by atoms with Crippen molar-refractivity contribution in [2.24, 2.45) is 0 Å². The molecule has 10 nitrogen and oxygen atoms in total. The molecule has 3 heterocycles. The average Bonchev–Trinajstić information content (AvgIpc) is 3.43. The molecule has 0 saturated carbocycles. The van der Waals surface area contributed by atoms with Crippen LogP contribution in [-0.2, 0) is 13.1 Å². The Labute approximate surface area is 207 Å². The first-order valence-electron chi connectivity index (χ1n) is 10.8. The lowest BCUT2D eigenvalue weighted by Crippen LogP contribution is -2.28. The minimum absolute atomic E-state index is 0.0651. The van der Waals surface area contributed by atoms with Gasteiger partial charge in [-0.15, -0.1) is 0 Å². The highest BCUT2D eigenvalue weighted by molar-refractivity contribution is 6.31. The fraction of sp³-hybridized carbons (Fsp3) is 0.125. The first kappa shape index (κ1) is 23.2. The van der Waals surface area contributed by atoms with E-state index < -0.39 is 23.4 Å². The molecule has 5 aromatic rings. The maximum Gasteiger partial charge on any atom is 0.417 e. The van der Waals surface area contributed by atoms with Gasteiger partial charge in [-0.05, 0) is 41.8 Å². The zero-order valence-corrected chi connectivity index (χ0v) is 19.5. The predicted octanol–water partition coefficient (Wildman–Crippen LogP) is 3.12. The number of carbonyl (C=O) groups excluding carboxylic acids is 2. The summed E-state index contributed by atoms with van der Waals surface area (Å²) in [6.45, 7) is 2.12. The molecule has 3 N–H and O–H groups in total. The van der Waals surface area contributed by atoms with E-state index in [2.05, 4.69) is 25.7 Å². The van der Waals surface area contributed by atoms with Crippen LogP contribution < -0.4 is 16.4 Å². The van der Waals surface area contributed by atoms with E-state index in [9.17, 15) is 18.8 Å². The van der Waals surface area contributed by atoms with Crippen LogP contribution in [0.4, 0.5) is 4.39 Å². The molecule has 0 unspecified atom stereocenters. The summed E-state index contributed by atoms with van der Waals surface area (Å²) in [4.78, 5) is 43.7. The lowest BCUT2D eigenvalue weighted by Gasteiger charge is -2.10. The maximum absolute atomic E-state index is 14.3. The van der Waals surface area contributed by atoms with Crippen molar-refractivity contribution in [2.45, 2.75) is 20.0 Å². The molecule has 0 fully saturated rings. The standard InChI is InChI=1S/C24H18ClFN6O4/c1-12-2-3-13(6-15(12)25)9-28-23(34)19-8-18(30-21-16(26)11-29-32(19)21)22(33)27-10-14-4-5-20-17(7-14)31-24(35)36-20/h2-8,11H,9-10H2,1H3,(H,27,33)(H,28,34)(H,31,35). The Morgan fingerprint density at radius 1 is 1.08 bits per heavy atom. The summed E-state index contributed by atoms with van der Waals surface area (Å²) < 4.78 is 20.3. The number of aromatic nitrogens is 4. The van der Waals surface area contributed by atoms with Crippen LogP contribution in [0.1, 0.15) is 37.7 Å². The normalized spacial score (nSPS) is 11.2. The minimum Gasteiger partial charge on any atom is -0.408 e. The number of fused-ring (bicyclic) bond motifs is 2. The number of H-pyrrole nitrogens is 1. The van der Waals surface area contributed by atoms with Crippen molar-refractivity contribution in [1.82, 2.24) is 30.2 Å². The van der Waals surface area contributed by atoms with Crippen LogP contribution in [0.15, 0.2) is 57.9 Å². The number of rotatable bonds is 6. The van der Waals surface area contributed by atoms with Gasteiger partial charge in [0.1, 0.15) is 11.4 Å². The topological polar surface area (TPSA) is 134 Å². The second kappa shape index (κ2) is 9.27. The Kier molecular flexibility index (Phi) is 5.98. The highest BCUT2D eigenvalue weighted by Crippen LogP contribution is 2.17. The third-order valence-electron chi connectivity index (χ3n) is 5.52. The van der Waals surface area contributed by atoms with Crippen molar-refractivity contribution < 1.29 is 18.4 Å². The number of nitrogens with one attached hydrogen (secondary N) is 3. The number of nitrogens with zero attached hydrogens (tertiary/aromatic N) is 3. The monoisotopic (exact) mass is 508 g/mol. The Balaban J connectivity index is 1.36. The molecular formula is C24H18ClFN6O4. The summed E-state index contributed by atoms with van der Waals surface area (Å²) >= 11 is 6.14. The first-order chi connectivity index (χ1) is 17.3. The highest BCUT2D eigenvalue weighted by atomic mass is 35.5. The zero-order chi connectivity index (χ0) is 25.4. The van der Waals surface area contributed by atoms with Gasteiger partial charge in [-0.3, -0.25) is 14.6 Å². The predicted molar refractivity (Wildman–Crippen MR) is 128 cm³/mol. The molecule has 0 radical (unpaired) electrons. The van der Waals surface area contributed by atoms with Crippen LogP contribution >= 0.6 is 11.6 Å². The van der Waals surface area contributed by atoms with E-state index in [1.807, 2.05) is 19.1 Å². The van der Waals surface area contributed by atoms with Crippen LogP contribution in [0.25, 0.3) is 16.7 Å². The molecule has 0 bridgehead atoms. The SMILES string of the molecule is Cc1ccc(CNC(=O)c2cc(C(=O)NCc3ccc4oc(=O)[nH]c4c3)nc3c(F)cnn23)cc1Cl. The van der Waals surface area contributed by atoms with Crippen molar-refractivity contribution in [3.63, 3.8) is 0 Å². The summed E-state index contributed by atoms with van der Waals surface area (Å²) in [6, 6.07) is 11.6. The Morgan fingerprint density at radius 3 is 2.58 bits per heavy atom. The van der Waals surface area contributed by atoms with E-state index in [-0.39, 0.29) is 30.1 Å². The largest absolute Gasteiger partial charge is 0.417 e. The smallest absolute Gasteiger partial charge is 0.408 e. The van der Waals surface area contributed by atoms with Gasteiger partial charge in [0.15, 0.2) is 17.0 Å². The van der Waals surface area contributed by atoms with Gasteiger partial charge in [0.25, 0.3) is 11.8 Å². The van der Waals surface area contributed by atoms with E-state index in [0.29, 0.717) is 21.7 Å². The van der Waals surface area contributed by atoms with Crippen molar-refractivity contribution in [2.75, 3.05) is 0 Å². The second-order valence-corrected chi connectivity index (χ2v) is 8.46. The third-order valence-corrected chi connectivity index (χ3v) is 5.93. The summed E-state index contributed by atoms with van der Waals surface area (Å²) in [6.07, 6.45) is 0.918. The Bertz CT molecular complexity index is 1710. The van der Waals surface area contributed by atoms with E-state index in [1.165, 1.54) is 6.07 Å². The van der Waals surface area contributed by atoms with E-state index in [0.717, 1.165) is 21.8 Å². The molecule has 12 heteroatoms. The van der Waals surface area contributed by atoms with Crippen LogP contribution in [0.3, 0.4) is 0 Å². The molecule has 36 heavy (non-hydrogen) atoms. The number of carbonyl (C=O) groups is 2. The van der Waals surface area contributed by atoms with Crippen LogP contribution in [0.2, 0.25) is 5.02 Å². The molecule has 2 aromatic carbocycles. The molecular weight excluding hydrogens is 491 g/mol. The number of aryl methyl sites for hydroxylation is 1. The summed E-state index contributed by atoms with van der Waals surface area (Å²) in [5.74, 6) is -2.56. The van der Waals surface area contributed by atoms with Gasteiger partial charge >= 0.3 is 5.76 Å². The number of halogens is 2. The quantitative estimate of drug-likeness (QED) is 0.322. The molecule has 0 atom stereocenters. The first-order valence-corrected chi connectivity index (χ1v) is 11.1. The number of hydrogen-bond acceptors (Lipinski definition) is 6. The van der Waals surface area contributed by atoms with Gasteiger partial charge in [-0.25, -0.2) is 18.7 Å². The molecule has 0 aliphatic heterocycles. The van der Waals surface area contributed by atoms with Gasteiger partial charge < -0.3 is 15.1 Å². The number of oxazole rings is 1. The van der Waals surface area contributed by atoms with E-state index in [1.54, 1.807) is 24.3 Å². The average molecular weight is 509 g/mol. The van der Waals surface area contributed by atoms with Gasteiger partial charge in [0.2, 0.25) is 0 Å². The zero-order valence-electron chi connectivity index (χ0n) is 18.8. The molecule has 3 aromatic heterocycles. The van der Waals surface area contributed by atoms with Crippen molar-refractivity contribution in [1.29, 1.82) is 0 Å². The fourth-order valence-electron chi connectivity index (χ4n) is 3.62. The minimum atomic E-state index is -0.779. The molecule has 2 amide bonds. The number of benzene rings is 2. The molecule has 0 aliphatic rings. The van der Waals surface area contributed by atoms with Gasteiger partial charge in [0, 0.05) is 24.2 Å². The summed E-state index contributed by atoms with van der Waals surface area (Å²) in [7, 11) is 0. The second-order valence-electron chi connectivity index (χ2n) is 8.05. The molecule has 5 rings (SSSR count). The van der Waals surface area contributed by atoms with Gasteiger partial charge in [-0.1, -0.05) is 29.8 Å². The Hall–Kier alpha value is -4.51. The third kappa shape index (κ3) is 4.56. The lowest BCUT2D eigenvalue weighted by atomic mass is 10.1. The fourth-order valence-corrected chi connectivity index (χ4v) is 3.82. The molecule has 0 saturated heterocycles. The highest BCUT2D eigenvalue weighted by Gasteiger charge is 2.20. The number of amides is 2. The van der Waals surface area contributed by atoms with Crippen LogP contribution in [-0.4, -0.2) is 31.4 Å². The van der Waals surface area contributed by atoms with Gasteiger partial charge in [-0.2, -0.15) is 5.10 Å². The number of aromatic amines is 1. The van der Waals surface area contributed by atoms with Crippen molar-refractivity contribution in [3.05, 3.63) is 98.1 Å². The number of hydrogen-bond donors (Lipinski definition) is 3. The van der Waals surface area contributed by atoms with Crippen molar-refractivity contribution in [3.8, 4) is 0 Å². The van der Waals surface area contributed by atoms with Crippen LogP contribution in [0, 0.1) is 12.7 Å². The maximum atomic E-state index is 14.3. The van der Waals surface area contributed by atoms with Crippen molar-refractivity contribution >= 4 is 40.2 Å². The summed E-state index contributed by atoms with van der Waals surface area (Å²) in [5.41, 5.74) is 2.74. The van der Waals surface area contributed by atoms with Crippen LogP contribution in [0.5, 0.6) is 0 Å². The molecule has 0 spiro atoms. The summed E-state index contributed by atoms with van der Waals surface area (Å²) in [5, 5.41) is 9.85. The van der Waals surface area contributed by atoms with E-state index in [4.69, 9.17) is 16.0 Å². The Morgan fingerprint density at radius 2 is 1.81 bits per heavy atom. The van der Waals surface area contributed by atoms with E-state index >= 15 is 0 Å². The van der Waals surface area contributed by atoms with Gasteiger partial charge in [0.05, 0.1) is 11.7 Å².